The highest BCUT2D eigenvalue weighted by molar-refractivity contribution is 9.10. The van der Waals surface area contributed by atoms with Crippen LogP contribution >= 0.6 is 15.9 Å². The van der Waals surface area contributed by atoms with Crippen molar-refractivity contribution in [2.75, 3.05) is 0 Å². The molecule has 1 N–H and O–H groups in total. The van der Waals surface area contributed by atoms with Crippen molar-refractivity contribution in [2.24, 2.45) is 5.92 Å². The zero-order chi connectivity index (χ0) is 11.8. The molecule has 1 aromatic rings. The SMILES string of the molecule is Cc1ccc(CNC(C)(C)C2CC2)cc1Br. The third-order valence-corrected chi connectivity index (χ3v) is 4.44. The van der Waals surface area contributed by atoms with Gasteiger partial charge < -0.3 is 5.32 Å². The molecule has 1 nitrogen and oxygen atoms in total. The van der Waals surface area contributed by atoms with Crippen LogP contribution < -0.4 is 5.32 Å². The highest BCUT2D eigenvalue weighted by Gasteiger charge is 2.36. The molecular weight excluding hydrogens is 262 g/mol. The molecule has 0 bridgehead atoms. The zero-order valence-electron chi connectivity index (χ0n) is 10.3. The average molecular weight is 282 g/mol. The molecule has 2 heteroatoms. The van der Waals surface area contributed by atoms with Crippen LogP contribution in [0.25, 0.3) is 0 Å². The summed E-state index contributed by atoms with van der Waals surface area (Å²) in [5.74, 6) is 0.876. The first-order valence-electron chi connectivity index (χ1n) is 5.99. The lowest BCUT2D eigenvalue weighted by molar-refractivity contribution is 0.339. The molecule has 0 heterocycles. The predicted molar refractivity (Wildman–Crippen MR) is 72.5 cm³/mol. The highest BCUT2D eigenvalue weighted by Crippen LogP contribution is 2.39. The maximum absolute atomic E-state index is 3.66. The topological polar surface area (TPSA) is 12.0 Å². The van der Waals surface area contributed by atoms with Gasteiger partial charge in [-0.05, 0) is 56.7 Å². The molecule has 1 aromatic carbocycles. The van der Waals surface area contributed by atoms with Gasteiger partial charge in [0.05, 0.1) is 0 Å². The van der Waals surface area contributed by atoms with Gasteiger partial charge in [-0.15, -0.1) is 0 Å². The first-order chi connectivity index (χ1) is 7.49. The van der Waals surface area contributed by atoms with Crippen molar-refractivity contribution in [1.82, 2.24) is 5.32 Å². The fourth-order valence-electron chi connectivity index (χ4n) is 2.03. The van der Waals surface area contributed by atoms with Crippen molar-refractivity contribution < 1.29 is 0 Å². The molecule has 2 rings (SSSR count). The molecular formula is C14H20BrN. The Balaban J connectivity index is 1.96. The smallest absolute Gasteiger partial charge is 0.0210 e. The van der Waals surface area contributed by atoms with Crippen LogP contribution in [0, 0.1) is 12.8 Å². The van der Waals surface area contributed by atoms with Gasteiger partial charge in [-0.1, -0.05) is 28.1 Å². The van der Waals surface area contributed by atoms with Crippen molar-refractivity contribution in [3.05, 3.63) is 33.8 Å². The largest absolute Gasteiger partial charge is 0.307 e. The van der Waals surface area contributed by atoms with Crippen molar-refractivity contribution in [2.45, 2.75) is 45.7 Å². The lowest BCUT2D eigenvalue weighted by Crippen LogP contribution is -2.40. The number of halogens is 1. The van der Waals surface area contributed by atoms with Crippen molar-refractivity contribution in [3.8, 4) is 0 Å². The summed E-state index contributed by atoms with van der Waals surface area (Å²) in [7, 11) is 0. The Morgan fingerprint density at radius 1 is 1.38 bits per heavy atom. The molecule has 1 fully saturated rings. The van der Waals surface area contributed by atoms with Crippen LogP contribution in [-0.4, -0.2) is 5.54 Å². The molecule has 1 aliphatic carbocycles. The summed E-state index contributed by atoms with van der Waals surface area (Å²) >= 11 is 3.58. The van der Waals surface area contributed by atoms with Crippen LogP contribution in [-0.2, 0) is 6.54 Å². The van der Waals surface area contributed by atoms with Gasteiger partial charge in [0.1, 0.15) is 0 Å². The van der Waals surface area contributed by atoms with Crippen LogP contribution in [0.5, 0.6) is 0 Å². The van der Waals surface area contributed by atoms with E-state index in [4.69, 9.17) is 0 Å². The van der Waals surface area contributed by atoms with E-state index < -0.39 is 0 Å². The molecule has 88 valence electrons. The second-order valence-electron chi connectivity index (χ2n) is 5.43. The van der Waals surface area contributed by atoms with E-state index in [2.05, 4.69) is 60.2 Å². The van der Waals surface area contributed by atoms with E-state index in [1.807, 2.05) is 0 Å². The van der Waals surface area contributed by atoms with Gasteiger partial charge in [0.25, 0.3) is 0 Å². The number of nitrogens with one attached hydrogen (secondary N) is 1. The molecule has 0 radical (unpaired) electrons. The van der Waals surface area contributed by atoms with Gasteiger partial charge in [-0.25, -0.2) is 0 Å². The van der Waals surface area contributed by atoms with E-state index in [0.29, 0.717) is 0 Å². The number of aryl methyl sites for hydroxylation is 1. The van der Waals surface area contributed by atoms with Gasteiger partial charge >= 0.3 is 0 Å². The number of rotatable bonds is 4. The second-order valence-corrected chi connectivity index (χ2v) is 6.29. The summed E-state index contributed by atoms with van der Waals surface area (Å²) in [4.78, 5) is 0. The van der Waals surface area contributed by atoms with Crippen LogP contribution in [0.2, 0.25) is 0 Å². The fraction of sp³-hybridized carbons (Fsp3) is 0.571. The van der Waals surface area contributed by atoms with Gasteiger partial charge in [-0.2, -0.15) is 0 Å². The standard InChI is InChI=1S/C14H20BrN/c1-10-4-5-11(8-13(10)15)9-16-14(2,3)12-6-7-12/h4-5,8,12,16H,6-7,9H2,1-3H3. The molecule has 0 unspecified atom stereocenters. The summed E-state index contributed by atoms with van der Waals surface area (Å²) in [5.41, 5.74) is 2.94. The minimum Gasteiger partial charge on any atom is -0.307 e. The van der Waals surface area contributed by atoms with Crippen LogP contribution in [0.3, 0.4) is 0 Å². The normalized spacial score (nSPS) is 16.5. The molecule has 0 spiro atoms. The monoisotopic (exact) mass is 281 g/mol. The van der Waals surface area contributed by atoms with E-state index in [0.717, 1.165) is 12.5 Å². The molecule has 0 atom stereocenters. The minimum absolute atomic E-state index is 0.289. The summed E-state index contributed by atoms with van der Waals surface area (Å²) in [6.07, 6.45) is 2.77. The Kier molecular flexibility index (Phi) is 3.41. The minimum atomic E-state index is 0.289. The maximum Gasteiger partial charge on any atom is 0.0210 e. The summed E-state index contributed by atoms with van der Waals surface area (Å²) in [5, 5.41) is 3.66. The van der Waals surface area contributed by atoms with Gasteiger partial charge in [0, 0.05) is 16.6 Å². The Morgan fingerprint density at radius 3 is 2.62 bits per heavy atom. The van der Waals surface area contributed by atoms with E-state index in [-0.39, 0.29) is 5.54 Å². The molecule has 0 aliphatic heterocycles. The van der Waals surface area contributed by atoms with Crippen molar-refractivity contribution in [3.63, 3.8) is 0 Å². The molecule has 0 saturated heterocycles. The third kappa shape index (κ3) is 2.86. The van der Waals surface area contributed by atoms with Gasteiger partial charge in [0.15, 0.2) is 0 Å². The summed E-state index contributed by atoms with van der Waals surface area (Å²) in [6, 6.07) is 6.59. The second kappa shape index (κ2) is 4.50. The average Bonchev–Trinajstić information content (AvgIpc) is 3.03. The Morgan fingerprint density at radius 2 is 2.06 bits per heavy atom. The van der Waals surface area contributed by atoms with E-state index >= 15 is 0 Å². The zero-order valence-corrected chi connectivity index (χ0v) is 11.9. The Hall–Kier alpha value is -0.340. The first kappa shape index (κ1) is 12.1. The maximum atomic E-state index is 3.66. The first-order valence-corrected chi connectivity index (χ1v) is 6.78. The number of hydrogen-bond donors (Lipinski definition) is 1. The Labute approximate surface area is 107 Å². The molecule has 16 heavy (non-hydrogen) atoms. The predicted octanol–water partition coefficient (Wildman–Crippen LogP) is 4.04. The van der Waals surface area contributed by atoms with Crippen molar-refractivity contribution >= 4 is 15.9 Å². The van der Waals surface area contributed by atoms with E-state index in [9.17, 15) is 0 Å². The molecule has 0 amide bonds. The highest BCUT2D eigenvalue weighted by atomic mass is 79.9. The van der Waals surface area contributed by atoms with E-state index in [1.165, 1.54) is 28.4 Å². The van der Waals surface area contributed by atoms with Crippen molar-refractivity contribution in [1.29, 1.82) is 0 Å². The molecule has 0 aromatic heterocycles. The Bertz CT molecular complexity index is 380. The van der Waals surface area contributed by atoms with Crippen LogP contribution in [0.1, 0.15) is 37.8 Å². The lowest BCUT2D eigenvalue weighted by Gasteiger charge is -2.26. The lowest BCUT2D eigenvalue weighted by atomic mass is 9.98. The van der Waals surface area contributed by atoms with Gasteiger partial charge in [-0.3, -0.25) is 0 Å². The quantitative estimate of drug-likeness (QED) is 0.879. The summed E-state index contributed by atoms with van der Waals surface area (Å²) < 4.78 is 1.20. The number of benzene rings is 1. The van der Waals surface area contributed by atoms with E-state index in [1.54, 1.807) is 0 Å². The molecule has 1 aliphatic rings. The van der Waals surface area contributed by atoms with Gasteiger partial charge in [0.2, 0.25) is 0 Å². The number of hydrogen-bond acceptors (Lipinski definition) is 1. The third-order valence-electron chi connectivity index (χ3n) is 3.58. The van der Waals surface area contributed by atoms with Crippen LogP contribution in [0.4, 0.5) is 0 Å². The molecule has 1 saturated carbocycles. The summed E-state index contributed by atoms with van der Waals surface area (Å²) in [6.45, 7) is 7.71. The van der Waals surface area contributed by atoms with Crippen LogP contribution in [0.15, 0.2) is 22.7 Å². The fourth-order valence-corrected chi connectivity index (χ4v) is 2.45.